The first-order chi connectivity index (χ1) is 7.56. The van der Waals surface area contributed by atoms with E-state index >= 15 is 0 Å². The van der Waals surface area contributed by atoms with E-state index in [-0.39, 0.29) is 17.5 Å². The lowest BCUT2D eigenvalue weighted by Crippen LogP contribution is -2.35. The Morgan fingerprint density at radius 3 is 2.50 bits per heavy atom. The molecule has 0 radical (unpaired) electrons. The molecule has 86 valence electrons. The van der Waals surface area contributed by atoms with Crippen LogP contribution >= 0.6 is 0 Å². The Labute approximate surface area is 93.5 Å². The molecule has 0 aliphatic heterocycles. The van der Waals surface area contributed by atoms with Gasteiger partial charge in [-0.2, -0.15) is 0 Å². The van der Waals surface area contributed by atoms with Crippen LogP contribution in [0.3, 0.4) is 0 Å². The van der Waals surface area contributed by atoms with Gasteiger partial charge in [-0.1, -0.05) is 12.1 Å². The fraction of sp³-hybridized carbons (Fsp3) is 0.273. The Kier molecular flexibility index (Phi) is 4.02. The third-order valence-corrected chi connectivity index (χ3v) is 2.24. The fourth-order valence-corrected chi connectivity index (χ4v) is 1.15. The standard InChI is InChI=1S/C11H14N2O3/c1-7(12-2)10(14)13-9-6-4-3-5-8(9)11(15)16/h3-7,12H,1-2H3,(H,13,14)(H,15,16). The third-order valence-electron chi connectivity index (χ3n) is 2.24. The number of aromatic carboxylic acids is 1. The maximum absolute atomic E-state index is 11.6. The Balaban J connectivity index is 2.89. The van der Waals surface area contributed by atoms with Gasteiger partial charge in [0.2, 0.25) is 5.91 Å². The van der Waals surface area contributed by atoms with Gasteiger partial charge in [-0.05, 0) is 26.1 Å². The zero-order chi connectivity index (χ0) is 12.1. The number of carbonyl (C=O) groups excluding carboxylic acids is 1. The number of carbonyl (C=O) groups is 2. The molecule has 1 aromatic rings. The zero-order valence-corrected chi connectivity index (χ0v) is 9.15. The molecule has 0 saturated heterocycles. The quantitative estimate of drug-likeness (QED) is 0.708. The van der Waals surface area contributed by atoms with Gasteiger partial charge in [0, 0.05) is 0 Å². The lowest BCUT2D eigenvalue weighted by molar-refractivity contribution is -0.117. The van der Waals surface area contributed by atoms with Crippen LogP contribution in [-0.2, 0) is 4.79 Å². The summed E-state index contributed by atoms with van der Waals surface area (Å²) >= 11 is 0. The summed E-state index contributed by atoms with van der Waals surface area (Å²) in [5.41, 5.74) is 0.390. The minimum atomic E-state index is -1.06. The van der Waals surface area contributed by atoms with Crippen LogP contribution in [0.2, 0.25) is 0 Å². The van der Waals surface area contributed by atoms with Crippen molar-refractivity contribution in [3.8, 4) is 0 Å². The van der Waals surface area contributed by atoms with Crippen molar-refractivity contribution in [2.24, 2.45) is 0 Å². The molecule has 1 aromatic carbocycles. The molecule has 0 fully saturated rings. The molecule has 5 heteroatoms. The molecule has 3 N–H and O–H groups in total. The van der Waals surface area contributed by atoms with Gasteiger partial charge in [-0.25, -0.2) is 4.79 Å². The second kappa shape index (κ2) is 5.27. The first-order valence-corrected chi connectivity index (χ1v) is 4.86. The highest BCUT2D eigenvalue weighted by Gasteiger charge is 2.14. The summed E-state index contributed by atoms with van der Waals surface area (Å²) in [6, 6.07) is 5.92. The van der Waals surface area contributed by atoms with E-state index < -0.39 is 5.97 Å². The van der Waals surface area contributed by atoms with Crippen LogP contribution < -0.4 is 10.6 Å². The molecule has 0 aliphatic rings. The van der Waals surface area contributed by atoms with Gasteiger partial charge >= 0.3 is 5.97 Å². The molecule has 0 heterocycles. The van der Waals surface area contributed by atoms with Gasteiger partial charge in [-0.3, -0.25) is 4.79 Å². The molecule has 0 saturated carbocycles. The minimum Gasteiger partial charge on any atom is -0.478 e. The van der Waals surface area contributed by atoms with Crippen molar-refractivity contribution in [1.82, 2.24) is 5.32 Å². The van der Waals surface area contributed by atoms with E-state index in [1.807, 2.05) is 0 Å². The van der Waals surface area contributed by atoms with Crippen LogP contribution in [0.25, 0.3) is 0 Å². The van der Waals surface area contributed by atoms with Crippen LogP contribution in [-0.4, -0.2) is 30.1 Å². The number of amides is 1. The molecule has 5 nitrogen and oxygen atoms in total. The highest BCUT2D eigenvalue weighted by atomic mass is 16.4. The number of rotatable bonds is 4. The van der Waals surface area contributed by atoms with Crippen LogP contribution in [0.15, 0.2) is 24.3 Å². The number of para-hydroxylation sites is 1. The first kappa shape index (κ1) is 12.2. The number of nitrogens with one attached hydrogen (secondary N) is 2. The van der Waals surface area contributed by atoms with Gasteiger partial charge in [0.05, 0.1) is 17.3 Å². The Bertz CT molecular complexity index is 404. The molecule has 0 bridgehead atoms. The summed E-state index contributed by atoms with van der Waals surface area (Å²) in [6.45, 7) is 1.69. The van der Waals surface area contributed by atoms with Crippen molar-refractivity contribution < 1.29 is 14.7 Å². The summed E-state index contributed by atoms with van der Waals surface area (Å²) in [4.78, 5) is 22.4. The van der Waals surface area contributed by atoms with Crippen molar-refractivity contribution in [2.45, 2.75) is 13.0 Å². The minimum absolute atomic E-state index is 0.0825. The second-order valence-electron chi connectivity index (χ2n) is 3.35. The number of hydrogen-bond acceptors (Lipinski definition) is 3. The van der Waals surface area contributed by atoms with E-state index in [1.54, 1.807) is 32.2 Å². The number of carboxylic acids is 1. The molecular weight excluding hydrogens is 208 g/mol. The summed E-state index contributed by atoms with van der Waals surface area (Å²) < 4.78 is 0. The molecule has 0 aliphatic carbocycles. The lowest BCUT2D eigenvalue weighted by atomic mass is 10.1. The highest BCUT2D eigenvalue weighted by Crippen LogP contribution is 2.14. The number of benzene rings is 1. The number of hydrogen-bond donors (Lipinski definition) is 3. The Hall–Kier alpha value is -1.88. The molecule has 0 spiro atoms. The predicted molar refractivity (Wildman–Crippen MR) is 60.6 cm³/mol. The van der Waals surface area contributed by atoms with Gasteiger partial charge in [-0.15, -0.1) is 0 Å². The van der Waals surface area contributed by atoms with Gasteiger partial charge < -0.3 is 15.7 Å². The van der Waals surface area contributed by atoms with E-state index in [2.05, 4.69) is 10.6 Å². The smallest absolute Gasteiger partial charge is 0.337 e. The number of likely N-dealkylation sites (N-methyl/N-ethyl adjacent to an activating group) is 1. The largest absolute Gasteiger partial charge is 0.478 e. The van der Waals surface area contributed by atoms with E-state index in [1.165, 1.54) is 6.07 Å². The zero-order valence-electron chi connectivity index (χ0n) is 9.15. The first-order valence-electron chi connectivity index (χ1n) is 4.86. The highest BCUT2D eigenvalue weighted by molar-refractivity contribution is 6.01. The van der Waals surface area contributed by atoms with E-state index in [9.17, 15) is 9.59 Å². The maximum atomic E-state index is 11.6. The van der Waals surface area contributed by atoms with Crippen molar-refractivity contribution in [3.05, 3.63) is 29.8 Å². The summed E-state index contributed by atoms with van der Waals surface area (Å²) in [5, 5.41) is 14.2. The SMILES string of the molecule is CNC(C)C(=O)Nc1ccccc1C(=O)O. The van der Waals surface area contributed by atoms with Crippen LogP contribution in [0.5, 0.6) is 0 Å². The van der Waals surface area contributed by atoms with E-state index in [4.69, 9.17) is 5.11 Å². The lowest BCUT2D eigenvalue weighted by Gasteiger charge is -2.12. The van der Waals surface area contributed by atoms with Crippen LogP contribution in [0, 0.1) is 0 Å². The average Bonchev–Trinajstić information content (AvgIpc) is 2.28. The third kappa shape index (κ3) is 2.80. The monoisotopic (exact) mass is 222 g/mol. The van der Waals surface area contributed by atoms with Crippen LogP contribution in [0.4, 0.5) is 5.69 Å². The molecule has 16 heavy (non-hydrogen) atoms. The Morgan fingerprint density at radius 1 is 1.31 bits per heavy atom. The van der Waals surface area contributed by atoms with Crippen LogP contribution in [0.1, 0.15) is 17.3 Å². The summed E-state index contributed by atoms with van der Waals surface area (Å²) in [7, 11) is 1.66. The van der Waals surface area contributed by atoms with E-state index in [0.29, 0.717) is 5.69 Å². The number of carboxylic acid groups (broad SMARTS) is 1. The predicted octanol–water partition coefficient (Wildman–Crippen LogP) is 0.931. The Morgan fingerprint density at radius 2 is 1.94 bits per heavy atom. The number of anilines is 1. The average molecular weight is 222 g/mol. The van der Waals surface area contributed by atoms with Gasteiger partial charge in [0.15, 0.2) is 0 Å². The normalized spacial score (nSPS) is 11.9. The molecule has 1 unspecified atom stereocenters. The second-order valence-corrected chi connectivity index (χ2v) is 3.35. The van der Waals surface area contributed by atoms with Crippen molar-refractivity contribution >= 4 is 17.6 Å². The molecule has 1 rings (SSSR count). The molecule has 1 amide bonds. The molecule has 0 aromatic heterocycles. The van der Waals surface area contributed by atoms with Crippen molar-refractivity contribution in [2.75, 3.05) is 12.4 Å². The van der Waals surface area contributed by atoms with E-state index in [0.717, 1.165) is 0 Å². The summed E-state index contributed by atoms with van der Waals surface area (Å²) in [6.07, 6.45) is 0. The summed E-state index contributed by atoms with van der Waals surface area (Å²) in [5.74, 6) is -1.33. The van der Waals surface area contributed by atoms with Gasteiger partial charge in [0.25, 0.3) is 0 Å². The maximum Gasteiger partial charge on any atom is 0.337 e. The molecular formula is C11H14N2O3. The van der Waals surface area contributed by atoms with Crippen molar-refractivity contribution in [1.29, 1.82) is 0 Å². The molecule has 1 atom stereocenters. The fourth-order valence-electron chi connectivity index (χ4n) is 1.15. The van der Waals surface area contributed by atoms with Crippen molar-refractivity contribution in [3.63, 3.8) is 0 Å². The topological polar surface area (TPSA) is 78.4 Å². The van der Waals surface area contributed by atoms with Gasteiger partial charge in [0.1, 0.15) is 0 Å².